The molecule has 0 saturated carbocycles. The van der Waals surface area contributed by atoms with Crippen molar-refractivity contribution in [2.45, 2.75) is 6.18 Å². The molecule has 110 valence electrons. The summed E-state index contributed by atoms with van der Waals surface area (Å²) in [5.74, 6) is -1.72. The van der Waals surface area contributed by atoms with E-state index in [4.69, 9.17) is 15.6 Å². The second kappa shape index (κ2) is 5.31. The van der Waals surface area contributed by atoms with Crippen LogP contribution >= 0.6 is 0 Å². The standard InChI is InChI=1S/C13H9F3N2O3/c14-13(15,16)7-2-1-3-8(6-7)21-11-9(17)4-5-10(18-11)12(19)20/h1-6H,17H2,(H,19,20). The highest BCUT2D eigenvalue weighted by molar-refractivity contribution is 5.86. The Balaban J connectivity index is 2.34. The number of pyridine rings is 1. The SMILES string of the molecule is Nc1ccc(C(=O)O)nc1Oc1cccc(C(F)(F)F)c1. The van der Waals surface area contributed by atoms with Crippen molar-refractivity contribution in [2.24, 2.45) is 0 Å². The number of nitrogens with zero attached hydrogens (tertiary/aromatic N) is 1. The average Bonchev–Trinajstić information content (AvgIpc) is 2.40. The Morgan fingerprint density at radius 2 is 1.95 bits per heavy atom. The molecule has 0 fully saturated rings. The van der Waals surface area contributed by atoms with Gasteiger partial charge in [0.25, 0.3) is 0 Å². The minimum Gasteiger partial charge on any atom is -0.477 e. The van der Waals surface area contributed by atoms with Gasteiger partial charge < -0.3 is 15.6 Å². The van der Waals surface area contributed by atoms with Crippen molar-refractivity contribution in [1.29, 1.82) is 0 Å². The van der Waals surface area contributed by atoms with Gasteiger partial charge in [0.15, 0.2) is 5.69 Å². The first kappa shape index (κ1) is 14.6. The van der Waals surface area contributed by atoms with Gasteiger partial charge >= 0.3 is 12.1 Å². The van der Waals surface area contributed by atoms with E-state index in [1.165, 1.54) is 12.1 Å². The molecule has 0 spiro atoms. The van der Waals surface area contributed by atoms with E-state index in [9.17, 15) is 18.0 Å². The van der Waals surface area contributed by atoms with Gasteiger partial charge in [0.2, 0.25) is 5.88 Å². The van der Waals surface area contributed by atoms with Gasteiger partial charge in [-0.2, -0.15) is 13.2 Å². The minimum atomic E-state index is -4.51. The highest BCUT2D eigenvalue weighted by atomic mass is 19.4. The molecule has 0 bridgehead atoms. The van der Waals surface area contributed by atoms with Gasteiger partial charge in [-0.15, -0.1) is 0 Å². The summed E-state index contributed by atoms with van der Waals surface area (Å²) in [7, 11) is 0. The lowest BCUT2D eigenvalue weighted by Gasteiger charge is -2.11. The molecule has 0 atom stereocenters. The Morgan fingerprint density at radius 1 is 1.24 bits per heavy atom. The molecular weight excluding hydrogens is 289 g/mol. The summed E-state index contributed by atoms with van der Waals surface area (Å²) in [5.41, 5.74) is 4.35. The van der Waals surface area contributed by atoms with Crippen molar-refractivity contribution in [1.82, 2.24) is 4.98 Å². The quantitative estimate of drug-likeness (QED) is 0.909. The number of halogens is 3. The molecule has 2 rings (SSSR count). The van der Waals surface area contributed by atoms with Crippen LogP contribution in [0.4, 0.5) is 18.9 Å². The van der Waals surface area contributed by atoms with E-state index in [1.54, 1.807) is 0 Å². The number of anilines is 1. The zero-order chi connectivity index (χ0) is 15.6. The third kappa shape index (κ3) is 3.41. The fourth-order valence-corrected chi connectivity index (χ4v) is 1.50. The number of aromatic nitrogens is 1. The smallest absolute Gasteiger partial charge is 0.416 e. The fraction of sp³-hybridized carbons (Fsp3) is 0.0769. The van der Waals surface area contributed by atoms with E-state index >= 15 is 0 Å². The normalized spacial score (nSPS) is 11.2. The van der Waals surface area contributed by atoms with Crippen molar-refractivity contribution in [3.8, 4) is 11.6 Å². The number of carboxylic acid groups (broad SMARTS) is 1. The van der Waals surface area contributed by atoms with Crippen molar-refractivity contribution >= 4 is 11.7 Å². The van der Waals surface area contributed by atoms with Crippen LogP contribution in [0.15, 0.2) is 36.4 Å². The molecule has 0 radical (unpaired) electrons. The van der Waals surface area contributed by atoms with Crippen LogP contribution in [0.2, 0.25) is 0 Å². The number of alkyl halides is 3. The van der Waals surface area contributed by atoms with Gasteiger partial charge in [0, 0.05) is 0 Å². The predicted octanol–water partition coefficient (Wildman–Crippen LogP) is 3.17. The third-order valence-corrected chi connectivity index (χ3v) is 2.48. The lowest BCUT2D eigenvalue weighted by atomic mass is 10.2. The van der Waals surface area contributed by atoms with Crippen LogP contribution in [-0.4, -0.2) is 16.1 Å². The summed E-state index contributed by atoms with van der Waals surface area (Å²) >= 11 is 0. The third-order valence-electron chi connectivity index (χ3n) is 2.48. The maximum absolute atomic E-state index is 12.6. The molecule has 1 aromatic carbocycles. The van der Waals surface area contributed by atoms with E-state index in [0.717, 1.165) is 24.3 Å². The number of nitrogens with two attached hydrogens (primary N) is 1. The maximum atomic E-state index is 12.6. The number of aromatic carboxylic acids is 1. The van der Waals surface area contributed by atoms with Crippen LogP contribution in [0.1, 0.15) is 16.1 Å². The first-order valence-electron chi connectivity index (χ1n) is 5.62. The molecule has 3 N–H and O–H groups in total. The Kier molecular flexibility index (Phi) is 3.70. The summed E-state index contributed by atoms with van der Waals surface area (Å²) in [6.45, 7) is 0. The minimum absolute atomic E-state index is 0.0115. The number of nitrogen functional groups attached to an aromatic ring is 1. The molecular formula is C13H9F3N2O3. The lowest BCUT2D eigenvalue weighted by molar-refractivity contribution is -0.137. The Bertz CT molecular complexity index is 687. The monoisotopic (exact) mass is 298 g/mol. The van der Waals surface area contributed by atoms with Gasteiger partial charge in [0.05, 0.1) is 11.3 Å². The molecule has 0 aliphatic carbocycles. The molecule has 0 aliphatic rings. The van der Waals surface area contributed by atoms with Crippen molar-refractivity contribution in [3.05, 3.63) is 47.7 Å². The summed E-state index contributed by atoms with van der Waals surface area (Å²) in [5, 5.41) is 8.81. The average molecular weight is 298 g/mol. The van der Waals surface area contributed by atoms with E-state index in [-0.39, 0.29) is 23.0 Å². The van der Waals surface area contributed by atoms with Crippen LogP contribution in [-0.2, 0) is 6.18 Å². The van der Waals surface area contributed by atoms with Crippen molar-refractivity contribution < 1.29 is 27.8 Å². The van der Waals surface area contributed by atoms with Crippen LogP contribution < -0.4 is 10.5 Å². The number of carbonyl (C=O) groups is 1. The summed E-state index contributed by atoms with van der Waals surface area (Å²) in [4.78, 5) is 14.4. The van der Waals surface area contributed by atoms with Gasteiger partial charge in [-0.05, 0) is 30.3 Å². The number of hydrogen-bond donors (Lipinski definition) is 2. The number of rotatable bonds is 3. The van der Waals surface area contributed by atoms with Gasteiger partial charge in [-0.25, -0.2) is 9.78 Å². The lowest BCUT2D eigenvalue weighted by Crippen LogP contribution is -2.06. The number of carboxylic acids is 1. The first-order valence-corrected chi connectivity index (χ1v) is 5.62. The molecule has 0 unspecified atom stereocenters. The second-order valence-corrected chi connectivity index (χ2v) is 4.02. The topological polar surface area (TPSA) is 85.4 Å². The van der Waals surface area contributed by atoms with Gasteiger partial charge in [-0.3, -0.25) is 0 Å². The molecule has 1 heterocycles. The number of benzene rings is 1. The summed E-state index contributed by atoms with van der Waals surface area (Å²) in [6.07, 6.45) is -4.51. The zero-order valence-electron chi connectivity index (χ0n) is 10.4. The number of ether oxygens (including phenoxy) is 1. The highest BCUT2D eigenvalue weighted by Crippen LogP contribution is 2.33. The molecule has 0 amide bonds. The Morgan fingerprint density at radius 3 is 2.57 bits per heavy atom. The van der Waals surface area contributed by atoms with E-state index in [2.05, 4.69) is 4.98 Å². The summed E-state index contributed by atoms with van der Waals surface area (Å²) in [6, 6.07) is 6.52. The molecule has 1 aromatic heterocycles. The van der Waals surface area contributed by atoms with Crippen LogP contribution in [0.3, 0.4) is 0 Å². The number of hydrogen-bond acceptors (Lipinski definition) is 4. The Labute approximate surface area is 116 Å². The highest BCUT2D eigenvalue weighted by Gasteiger charge is 2.30. The molecule has 2 aromatic rings. The Hall–Kier alpha value is -2.77. The second-order valence-electron chi connectivity index (χ2n) is 4.02. The van der Waals surface area contributed by atoms with Crippen molar-refractivity contribution in [2.75, 3.05) is 5.73 Å². The van der Waals surface area contributed by atoms with E-state index < -0.39 is 17.7 Å². The predicted molar refractivity (Wildman–Crippen MR) is 67.1 cm³/mol. The maximum Gasteiger partial charge on any atom is 0.416 e. The molecule has 5 nitrogen and oxygen atoms in total. The van der Waals surface area contributed by atoms with Gasteiger partial charge in [0.1, 0.15) is 5.75 Å². The van der Waals surface area contributed by atoms with E-state index in [1.807, 2.05) is 0 Å². The van der Waals surface area contributed by atoms with Gasteiger partial charge in [-0.1, -0.05) is 6.07 Å². The van der Waals surface area contributed by atoms with E-state index in [0.29, 0.717) is 0 Å². The zero-order valence-corrected chi connectivity index (χ0v) is 10.4. The van der Waals surface area contributed by atoms with Crippen molar-refractivity contribution in [3.63, 3.8) is 0 Å². The van der Waals surface area contributed by atoms with Crippen LogP contribution in [0.25, 0.3) is 0 Å². The summed E-state index contributed by atoms with van der Waals surface area (Å²) < 4.78 is 42.9. The molecule has 0 aliphatic heterocycles. The van der Waals surface area contributed by atoms with Crippen LogP contribution in [0.5, 0.6) is 11.6 Å². The molecule has 0 saturated heterocycles. The van der Waals surface area contributed by atoms with Crippen LogP contribution in [0, 0.1) is 0 Å². The first-order chi connectivity index (χ1) is 9.77. The molecule has 8 heteroatoms. The fourth-order valence-electron chi connectivity index (χ4n) is 1.50. The largest absolute Gasteiger partial charge is 0.477 e. The molecule has 21 heavy (non-hydrogen) atoms.